The number of urea groups is 3. The van der Waals surface area contributed by atoms with Crippen LogP contribution in [0.15, 0.2) is 218 Å². The predicted molar refractivity (Wildman–Crippen MR) is 442 cm³/mol. The summed E-state index contributed by atoms with van der Waals surface area (Å²) < 4.78 is 36.4. The second-order valence-corrected chi connectivity index (χ2v) is 30.6. The number of amides is 8. The highest BCUT2D eigenvalue weighted by molar-refractivity contribution is 7.22. The number of thiophene rings is 3. The zero-order valence-electron chi connectivity index (χ0n) is 61.0. The lowest BCUT2D eigenvalue weighted by Gasteiger charge is -2.29. The van der Waals surface area contributed by atoms with E-state index in [1.807, 2.05) is 109 Å². The maximum atomic E-state index is 13.8. The number of alkyl halides is 1. The molecular formula is C83H66ClFN16O12S3. The average molecular weight is 1630 g/mol. The molecule has 19 rings (SSSR count). The van der Waals surface area contributed by atoms with E-state index >= 15 is 0 Å². The van der Waals surface area contributed by atoms with Crippen molar-refractivity contribution in [3.8, 4) is 28.7 Å². The first-order valence-corrected chi connectivity index (χ1v) is 39.5. The lowest BCUT2D eigenvalue weighted by molar-refractivity contribution is 0.0702. The number of anilines is 11. The number of nitrogens with zero attached hydrogens (tertiary/aromatic N) is 11. The third kappa shape index (κ3) is 16.0. The summed E-state index contributed by atoms with van der Waals surface area (Å²) in [6.45, 7) is 4.76. The van der Waals surface area contributed by atoms with E-state index in [2.05, 4.69) is 66.3 Å². The predicted octanol–water partition coefficient (Wildman–Crippen LogP) is 18.6. The van der Waals surface area contributed by atoms with Crippen molar-refractivity contribution in [3.05, 3.63) is 250 Å². The summed E-state index contributed by atoms with van der Waals surface area (Å²) in [5.41, 5.74) is 6.08. The number of para-hydroxylation sites is 2. The summed E-state index contributed by atoms with van der Waals surface area (Å²) >= 11 is 9.74. The van der Waals surface area contributed by atoms with Gasteiger partial charge in [-0.1, -0.05) is 72.3 Å². The van der Waals surface area contributed by atoms with E-state index in [9.17, 15) is 43.4 Å². The number of furan rings is 1. The minimum Gasteiger partial charge on any atom is -0.484 e. The molecule has 8 amide bonds. The fourth-order valence-corrected chi connectivity index (χ4v) is 17.1. The molecule has 2 fully saturated rings. The van der Waals surface area contributed by atoms with Gasteiger partial charge < -0.3 is 55.4 Å². The van der Waals surface area contributed by atoms with E-state index in [0.717, 1.165) is 67.9 Å². The van der Waals surface area contributed by atoms with Crippen LogP contribution in [0.3, 0.4) is 0 Å². The van der Waals surface area contributed by atoms with Gasteiger partial charge in [-0.25, -0.2) is 68.2 Å². The van der Waals surface area contributed by atoms with Crippen molar-refractivity contribution in [1.29, 1.82) is 0 Å². The molecule has 5 aliphatic rings. The van der Waals surface area contributed by atoms with Gasteiger partial charge in [0.2, 0.25) is 0 Å². The topological polar surface area (TPSA) is 337 Å². The Kier molecular flexibility index (Phi) is 21.4. The van der Waals surface area contributed by atoms with Crippen LogP contribution in [0.2, 0.25) is 5.02 Å². The van der Waals surface area contributed by atoms with Gasteiger partial charge in [-0.2, -0.15) is 0 Å². The number of carbonyl (C=O) groups excluding carboxylic acids is 5. The molecule has 28 nitrogen and oxygen atoms in total. The van der Waals surface area contributed by atoms with Crippen LogP contribution in [0.5, 0.6) is 28.7 Å². The van der Waals surface area contributed by atoms with Gasteiger partial charge in [0.1, 0.15) is 95.4 Å². The molecule has 1 unspecified atom stereocenters. The SMILES string of the molecule is O=C(Nc1ccc(CN2CCC(O)CC2)cc1)c1sc2ncnc3c2c1NC(=O)N3c1ccc(Oc2ccccc2)cc1.O=C(Nc1ccc(CN2CCCC(F)C2)cc1)c1sc2ncnc3c2c1NC(=O)N3c1ccc(Oc2ccccc2)cc1.O=C(O)c1sc2ncnc3c2c1NC(=O)N3c1ccc(OCc2ccco2)c(Cl)c1. The molecule has 0 bridgehead atoms. The number of nitrogens with one attached hydrogen (secondary N) is 5. The van der Waals surface area contributed by atoms with Gasteiger partial charge in [0.05, 0.1) is 67.7 Å². The van der Waals surface area contributed by atoms with Crippen LogP contribution in [0, 0.1) is 0 Å². The van der Waals surface area contributed by atoms with E-state index < -0.39 is 30.2 Å². The smallest absolute Gasteiger partial charge is 0.348 e. The van der Waals surface area contributed by atoms with Crippen molar-refractivity contribution in [2.45, 2.75) is 57.7 Å². The lowest BCUT2D eigenvalue weighted by Crippen LogP contribution is -2.35. The van der Waals surface area contributed by atoms with Crippen LogP contribution in [0.1, 0.15) is 71.6 Å². The number of carbonyl (C=O) groups is 6. The number of carboxylic acids is 1. The Balaban J connectivity index is 0.000000127. The molecule has 0 spiro atoms. The molecule has 582 valence electrons. The van der Waals surface area contributed by atoms with Gasteiger partial charge in [0.25, 0.3) is 11.8 Å². The molecule has 5 aliphatic heterocycles. The van der Waals surface area contributed by atoms with E-state index in [4.69, 9.17) is 30.2 Å². The summed E-state index contributed by atoms with van der Waals surface area (Å²) in [4.78, 5) is 115. The van der Waals surface area contributed by atoms with Gasteiger partial charge in [-0.05, 0) is 171 Å². The Morgan fingerprint density at radius 3 is 1.41 bits per heavy atom. The van der Waals surface area contributed by atoms with Crippen molar-refractivity contribution in [3.63, 3.8) is 0 Å². The van der Waals surface area contributed by atoms with E-state index in [1.54, 1.807) is 85.1 Å². The van der Waals surface area contributed by atoms with E-state index in [-0.39, 0.29) is 40.9 Å². The van der Waals surface area contributed by atoms with Gasteiger partial charge in [-0.3, -0.25) is 19.4 Å². The minimum absolute atomic E-state index is 0.000503. The summed E-state index contributed by atoms with van der Waals surface area (Å²) in [5.74, 6) is 3.00. The van der Waals surface area contributed by atoms with Crippen LogP contribution < -0.4 is 55.5 Å². The third-order valence-corrected chi connectivity index (χ3v) is 23.0. The zero-order chi connectivity index (χ0) is 79.5. The summed E-state index contributed by atoms with van der Waals surface area (Å²) in [5, 5.41) is 35.4. The van der Waals surface area contributed by atoms with Crippen molar-refractivity contribution < 1.29 is 62.0 Å². The number of ether oxygens (including phenoxy) is 3. The molecule has 7 aromatic carbocycles. The second kappa shape index (κ2) is 33.0. The number of hydrogen-bond donors (Lipinski definition) is 7. The quantitative estimate of drug-likeness (QED) is 0.0395. The molecule has 116 heavy (non-hydrogen) atoms. The monoisotopic (exact) mass is 1630 g/mol. The van der Waals surface area contributed by atoms with Crippen molar-refractivity contribution in [1.82, 2.24) is 39.7 Å². The summed E-state index contributed by atoms with van der Waals surface area (Å²) in [6, 6.07) is 55.4. The molecule has 0 saturated carbocycles. The molecule has 7 aromatic heterocycles. The fraction of sp³-hybridized carbons (Fsp3) is 0.157. The number of benzene rings is 7. The average Bonchev–Trinajstić information content (AvgIpc) is 1.59. The van der Waals surface area contributed by atoms with Gasteiger partial charge in [0.15, 0.2) is 17.5 Å². The highest BCUT2D eigenvalue weighted by Gasteiger charge is 2.38. The van der Waals surface area contributed by atoms with Gasteiger partial charge in [-0.15, -0.1) is 34.0 Å². The molecule has 33 heteroatoms. The Hall–Kier alpha value is -13.3. The number of likely N-dealkylation sites (tertiary alicyclic amines) is 2. The van der Waals surface area contributed by atoms with Crippen molar-refractivity contribution in [2.24, 2.45) is 0 Å². The van der Waals surface area contributed by atoms with Crippen LogP contribution in [0.25, 0.3) is 30.6 Å². The highest BCUT2D eigenvalue weighted by Crippen LogP contribution is 2.49. The first-order valence-electron chi connectivity index (χ1n) is 36.6. The molecular weight excluding hydrogens is 1560 g/mol. The van der Waals surface area contributed by atoms with Gasteiger partial charge in [0, 0.05) is 44.1 Å². The molecule has 14 aromatic rings. The van der Waals surface area contributed by atoms with Crippen LogP contribution >= 0.6 is 45.6 Å². The minimum atomic E-state index is -1.14. The van der Waals surface area contributed by atoms with E-state index in [0.29, 0.717) is 151 Å². The number of aliphatic hydroxyl groups is 1. The largest absolute Gasteiger partial charge is 0.484 e. The third-order valence-electron chi connectivity index (χ3n) is 19.5. The van der Waals surface area contributed by atoms with Crippen molar-refractivity contribution in [2.75, 3.05) is 67.5 Å². The molecule has 0 aliphatic carbocycles. The van der Waals surface area contributed by atoms with E-state index in [1.165, 1.54) is 56.4 Å². The van der Waals surface area contributed by atoms with Gasteiger partial charge >= 0.3 is 24.1 Å². The number of rotatable bonds is 19. The summed E-state index contributed by atoms with van der Waals surface area (Å²) in [7, 11) is 0. The second-order valence-electron chi connectivity index (χ2n) is 27.2. The summed E-state index contributed by atoms with van der Waals surface area (Å²) in [6.07, 6.45) is 7.75. The Labute approximate surface area is 676 Å². The Morgan fingerprint density at radius 2 is 0.957 bits per heavy atom. The molecule has 12 heterocycles. The normalized spacial score (nSPS) is 15.2. The lowest BCUT2D eigenvalue weighted by atomic mass is 10.1. The number of piperidine rings is 2. The first kappa shape index (κ1) is 75.4. The molecule has 2 saturated heterocycles. The number of aromatic carboxylic acids is 1. The van der Waals surface area contributed by atoms with Crippen molar-refractivity contribution >= 4 is 175 Å². The number of hydrogen-bond acceptors (Lipinski definition) is 22. The molecule has 7 N–H and O–H groups in total. The number of carboxylic acid groups (broad SMARTS) is 1. The zero-order valence-corrected chi connectivity index (χ0v) is 64.2. The maximum Gasteiger partial charge on any atom is 0.348 e. The number of halogens is 2. The van der Waals surface area contributed by atoms with Crippen LogP contribution in [-0.2, 0) is 19.7 Å². The highest BCUT2D eigenvalue weighted by atomic mass is 35.5. The fourth-order valence-electron chi connectivity index (χ4n) is 14.0. The molecule has 1 atom stereocenters. The Morgan fingerprint density at radius 1 is 0.517 bits per heavy atom. The molecule has 0 radical (unpaired) electrons. The standard InChI is InChI=1S/C32H27FN6O3S.C32H28N6O4S.C19H11ClN4O5S/c33-21-5-4-16-38(18-21)17-20-8-10-22(11-9-20)36-30(40)28-27-26-29(34-19-35-31(26)43-28)39(32(41)37-27)23-12-14-25(15-13-23)42-24-6-2-1-3-7-24;39-23-14-16-37(17-15-23)18-20-6-8-21(9-7-20)35-30(40)28-27-26-29(33-19-34-31(26)43-28)38(32(41)36-27)22-10-12-25(13-11-22)42-24-4-2-1-3-5-24;20-11-6-9(3-4-12(11)29-7-10-2-1-5-28-10)24-16-13-14(23-19(24)27)15(18(25)26)30-17(13)22-8-21-16/h1-3,6-15,19,21H,4-5,16-18H2,(H,36,40)(H,37,41);1-13,19,23,39H,14-18H2,(H,35,40)(H,36,41);1-6,8H,7H2,(H,23,27)(H,25,26). The van der Waals surface area contributed by atoms with Crippen LogP contribution in [-0.4, -0.2) is 124 Å². The Bertz CT molecular complexity index is 6050. The number of aliphatic hydroxyl groups excluding tert-OH is 1. The maximum absolute atomic E-state index is 13.8. The van der Waals surface area contributed by atoms with Crippen LogP contribution in [0.4, 0.5) is 81.7 Å². The first-order chi connectivity index (χ1) is 56.6. The number of aromatic nitrogens is 6.